The molecular formula is C13H25NOS. The molecule has 0 radical (unpaired) electrons. The highest BCUT2D eigenvalue weighted by molar-refractivity contribution is 7.96. The third-order valence-electron chi connectivity index (χ3n) is 3.05. The van der Waals surface area contributed by atoms with E-state index in [0.717, 1.165) is 17.7 Å². The third kappa shape index (κ3) is 2.68. The molecule has 0 aromatic carbocycles. The molecule has 1 rings (SSSR count). The quantitative estimate of drug-likeness (QED) is 0.681. The summed E-state index contributed by atoms with van der Waals surface area (Å²) in [6.07, 6.45) is 1.90. The van der Waals surface area contributed by atoms with E-state index in [2.05, 4.69) is 41.5 Å². The van der Waals surface area contributed by atoms with Crippen LogP contribution in [0.1, 0.15) is 54.4 Å². The molecule has 1 aliphatic heterocycles. The first-order chi connectivity index (χ1) is 6.96. The van der Waals surface area contributed by atoms with Crippen LogP contribution in [0.4, 0.5) is 0 Å². The van der Waals surface area contributed by atoms with Crippen molar-refractivity contribution in [3.63, 3.8) is 0 Å². The molecular weight excluding hydrogens is 218 g/mol. The second-order valence-electron chi connectivity index (χ2n) is 6.79. The second kappa shape index (κ2) is 3.86. The molecule has 0 fully saturated rings. The van der Waals surface area contributed by atoms with E-state index in [-0.39, 0.29) is 10.8 Å². The first-order valence-corrected chi connectivity index (χ1v) is 7.69. The van der Waals surface area contributed by atoms with Gasteiger partial charge in [0.25, 0.3) is 0 Å². The minimum Gasteiger partial charge on any atom is -0.249 e. The molecule has 94 valence electrons. The van der Waals surface area contributed by atoms with Crippen molar-refractivity contribution in [1.29, 1.82) is 4.78 Å². The fraction of sp³-hybridized carbons (Fsp3) is 0.846. The van der Waals surface area contributed by atoms with E-state index in [1.54, 1.807) is 0 Å². The van der Waals surface area contributed by atoms with Crippen LogP contribution >= 0.6 is 0 Å². The zero-order chi connectivity index (χ0) is 12.8. The lowest BCUT2D eigenvalue weighted by molar-refractivity contribution is 0.437. The van der Waals surface area contributed by atoms with Crippen molar-refractivity contribution in [3.8, 4) is 0 Å². The molecule has 0 bridgehead atoms. The van der Waals surface area contributed by atoms with Crippen LogP contribution in [0.2, 0.25) is 0 Å². The van der Waals surface area contributed by atoms with Crippen molar-refractivity contribution in [2.24, 2.45) is 10.8 Å². The van der Waals surface area contributed by atoms with Crippen molar-refractivity contribution >= 4 is 9.73 Å². The average Bonchev–Trinajstić information content (AvgIpc) is 1.97. The molecule has 0 amide bonds. The van der Waals surface area contributed by atoms with Gasteiger partial charge in [-0.1, -0.05) is 47.1 Å². The standard InChI is InChI=1S/C13H25NOS/c1-12(2,3)10-8-7-9-16(14,15)11(10)13(4,5)6/h14H,7-9H2,1-6H3. The highest BCUT2D eigenvalue weighted by Gasteiger charge is 2.36. The highest BCUT2D eigenvalue weighted by Crippen LogP contribution is 2.44. The Morgan fingerprint density at radius 1 is 1.06 bits per heavy atom. The smallest absolute Gasteiger partial charge is 0.0692 e. The number of hydrogen-bond donors (Lipinski definition) is 1. The molecule has 16 heavy (non-hydrogen) atoms. The lowest BCUT2D eigenvalue weighted by Gasteiger charge is -2.37. The van der Waals surface area contributed by atoms with E-state index in [1.807, 2.05) is 0 Å². The molecule has 0 aliphatic carbocycles. The Kier molecular flexibility index (Phi) is 3.32. The molecule has 3 heteroatoms. The maximum Gasteiger partial charge on any atom is 0.0692 e. The summed E-state index contributed by atoms with van der Waals surface area (Å²) in [6, 6.07) is 0. The van der Waals surface area contributed by atoms with E-state index in [1.165, 1.54) is 5.57 Å². The van der Waals surface area contributed by atoms with Gasteiger partial charge in [0, 0.05) is 10.7 Å². The van der Waals surface area contributed by atoms with Crippen molar-refractivity contribution in [3.05, 3.63) is 10.5 Å². The van der Waals surface area contributed by atoms with Gasteiger partial charge in [-0.3, -0.25) is 0 Å². The fourth-order valence-corrected chi connectivity index (χ4v) is 5.08. The molecule has 0 aromatic rings. The molecule has 1 aliphatic rings. The summed E-state index contributed by atoms with van der Waals surface area (Å²) in [4.78, 5) is 0.916. The Bertz CT molecular complexity index is 402. The van der Waals surface area contributed by atoms with Crippen LogP contribution in [-0.4, -0.2) is 9.96 Å². The van der Waals surface area contributed by atoms with E-state index in [9.17, 15) is 4.21 Å². The second-order valence-corrected chi connectivity index (χ2v) is 8.96. The summed E-state index contributed by atoms with van der Waals surface area (Å²) < 4.78 is 20.6. The maximum atomic E-state index is 12.4. The van der Waals surface area contributed by atoms with E-state index >= 15 is 0 Å². The van der Waals surface area contributed by atoms with Gasteiger partial charge in [-0.2, -0.15) is 0 Å². The third-order valence-corrected chi connectivity index (χ3v) is 5.43. The Morgan fingerprint density at radius 2 is 1.56 bits per heavy atom. The maximum absolute atomic E-state index is 12.4. The van der Waals surface area contributed by atoms with Crippen molar-refractivity contribution in [2.75, 3.05) is 5.75 Å². The van der Waals surface area contributed by atoms with E-state index < -0.39 is 9.73 Å². The Balaban J connectivity index is 3.52. The van der Waals surface area contributed by atoms with Gasteiger partial charge >= 0.3 is 0 Å². The first kappa shape index (κ1) is 13.8. The average molecular weight is 243 g/mol. The fourth-order valence-electron chi connectivity index (χ4n) is 2.53. The Labute approximate surface area is 100 Å². The topological polar surface area (TPSA) is 40.9 Å². The van der Waals surface area contributed by atoms with Crippen LogP contribution < -0.4 is 0 Å². The Hall–Kier alpha value is -0.310. The van der Waals surface area contributed by atoms with Gasteiger partial charge in [-0.25, -0.2) is 8.99 Å². The van der Waals surface area contributed by atoms with Gasteiger partial charge in [-0.15, -0.1) is 0 Å². The predicted octanol–water partition coefficient (Wildman–Crippen LogP) is 4.17. The monoisotopic (exact) mass is 243 g/mol. The molecule has 0 aromatic heterocycles. The molecule has 2 nitrogen and oxygen atoms in total. The van der Waals surface area contributed by atoms with Crippen LogP contribution in [0.15, 0.2) is 10.5 Å². The van der Waals surface area contributed by atoms with Crippen molar-refractivity contribution < 1.29 is 4.21 Å². The first-order valence-electron chi connectivity index (χ1n) is 5.97. The summed E-state index contributed by atoms with van der Waals surface area (Å²) in [5.74, 6) is 0.541. The van der Waals surface area contributed by atoms with Crippen molar-refractivity contribution in [1.82, 2.24) is 0 Å². The molecule has 0 saturated carbocycles. The van der Waals surface area contributed by atoms with Gasteiger partial charge in [0.2, 0.25) is 0 Å². The molecule has 1 N–H and O–H groups in total. The Morgan fingerprint density at radius 3 is 1.88 bits per heavy atom. The summed E-state index contributed by atoms with van der Waals surface area (Å²) >= 11 is 0. The normalized spacial score (nSPS) is 28.4. The molecule has 1 atom stereocenters. The van der Waals surface area contributed by atoms with Crippen LogP contribution in [0.5, 0.6) is 0 Å². The minimum absolute atomic E-state index is 0.0345. The minimum atomic E-state index is -2.53. The van der Waals surface area contributed by atoms with Gasteiger partial charge in [0.05, 0.1) is 9.73 Å². The lowest BCUT2D eigenvalue weighted by atomic mass is 9.79. The molecule has 1 unspecified atom stereocenters. The van der Waals surface area contributed by atoms with E-state index in [0.29, 0.717) is 5.75 Å². The predicted molar refractivity (Wildman–Crippen MR) is 70.9 cm³/mol. The number of nitrogens with one attached hydrogen (secondary N) is 1. The number of hydrogen-bond acceptors (Lipinski definition) is 2. The van der Waals surface area contributed by atoms with Gasteiger partial charge in [0.1, 0.15) is 0 Å². The van der Waals surface area contributed by atoms with E-state index in [4.69, 9.17) is 4.78 Å². The molecule has 1 heterocycles. The zero-order valence-electron chi connectivity index (χ0n) is 11.4. The van der Waals surface area contributed by atoms with Crippen LogP contribution in [0.25, 0.3) is 0 Å². The highest BCUT2D eigenvalue weighted by atomic mass is 32.2. The summed E-state index contributed by atoms with van der Waals surface area (Å²) in [5, 5.41) is 0. The van der Waals surface area contributed by atoms with Crippen LogP contribution in [0, 0.1) is 15.6 Å². The molecule has 0 spiro atoms. The van der Waals surface area contributed by atoms with Gasteiger partial charge in [-0.05, 0) is 23.7 Å². The summed E-state index contributed by atoms with van der Waals surface area (Å²) in [5.41, 5.74) is 1.14. The summed E-state index contributed by atoms with van der Waals surface area (Å²) in [7, 11) is -2.53. The molecule has 0 saturated heterocycles. The summed E-state index contributed by atoms with van der Waals surface area (Å²) in [6.45, 7) is 12.7. The van der Waals surface area contributed by atoms with Crippen LogP contribution in [-0.2, 0) is 9.73 Å². The van der Waals surface area contributed by atoms with Crippen molar-refractivity contribution in [2.45, 2.75) is 54.4 Å². The largest absolute Gasteiger partial charge is 0.249 e. The van der Waals surface area contributed by atoms with Gasteiger partial charge in [0.15, 0.2) is 0 Å². The lowest BCUT2D eigenvalue weighted by Crippen LogP contribution is -2.29. The SMILES string of the molecule is CC(C)(C)C1=C(C(C)(C)C)S(=N)(=O)CCC1. The van der Waals surface area contributed by atoms with Crippen LogP contribution in [0.3, 0.4) is 0 Å². The van der Waals surface area contributed by atoms with Gasteiger partial charge < -0.3 is 0 Å². The zero-order valence-corrected chi connectivity index (χ0v) is 12.3. The number of rotatable bonds is 0. The number of allylic oxidation sites excluding steroid dienone is 2.